The van der Waals surface area contributed by atoms with Crippen LogP contribution in [0, 0.1) is 0 Å². The minimum Gasteiger partial charge on any atom is -0.480 e. The molecule has 0 aromatic heterocycles. The number of hydrogen-bond donors (Lipinski definition) is 2. The average molecular weight is 341 g/mol. The summed E-state index contributed by atoms with van der Waals surface area (Å²) in [5.41, 5.74) is 5.50. The summed E-state index contributed by atoms with van der Waals surface area (Å²) in [5, 5.41) is 9.53. The van der Waals surface area contributed by atoms with Gasteiger partial charge in [-0.1, -0.05) is 0 Å². The zero-order valence-electron chi connectivity index (χ0n) is 11.2. The summed E-state index contributed by atoms with van der Waals surface area (Å²) >= 11 is 3.41. The summed E-state index contributed by atoms with van der Waals surface area (Å²) in [5.74, 6) is -1.33. The second kappa shape index (κ2) is 5.44. The average Bonchev–Trinajstić information content (AvgIpc) is 2.39. The minimum atomic E-state index is -0.922. The van der Waals surface area contributed by atoms with Crippen LogP contribution < -0.4 is 10.6 Å². The molecule has 1 fully saturated rings. The maximum Gasteiger partial charge on any atom is 0.329 e. The van der Waals surface area contributed by atoms with Crippen molar-refractivity contribution in [2.45, 2.75) is 31.7 Å². The number of carbonyl (C=O) groups is 2. The molecular weight excluding hydrogens is 324 g/mol. The minimum absolute atomic E-state index is 0.398. The van der Waals surface area contributed by atoms with Crippen molar-refractivity contribution in [3.05, 3.63) is 28.2 Å². The highest BCUT2D eigenvalue weighted by atomic mass is 79.9. The van der Waals surface area contributed by atoms with Crippen molar-refractivity contribution in [2.75, 3.05) is 11.4 Å². The Kier molecular flexibility index (Phi) is 4.04. The van der Waals surface area contributed by atoms with Crippen molar-refractivity contribution in [2.24, 2.45) is 5.73 Å². The van der Waals surface area contributed by atoms with Crippen molar-refractivity contribution < 1.29 is 14.7 Å². The van der Waals surface area contributed by atoms with Gasteiger partial charge in [0.2, 0.25) is 5.91 Å². The normalized spacial score (nSPS) is 22.6. The Morgan fingerprint density at radius 3 is 2.65 bits per heavy atom. The highest BCUT2D eigenvalue weighted by molar-refractivity contribution is 9.10. The lowest BCUT2D eigenvalue weighted by molar-refractivity contribution is -0.143. The molecule has 1 aromatic rings. The van der Waals surface area contributed by atoms with Crippen LogP contribution in [0.15, 0.2) is 22.7 Å². The van der Waals surface area contributed by atoms with Crippen LogP contribution in [0.2, 0.25) is 0 Å². The van der Waals surface area contributed by atoms with Crippen molar-refractivity contribution in [3.63, 3.8) is 0 Å². The predicted octanol–water partition coefficient (Wildman–Crippen LogP) is 2.38. The van der Waals surface area contributed by atoms with E-state index in [1.54, 1.807) is 25.1 Å². The summed E-state index contributed by atoms with van der Waals surface area (Å²) in [6, 6.07) is 5.00. The van der Waals surface area contributed by atoms with E-state index in [0.29, 0.717) is 23.0 Å². The number of benzene rings is 1. The fraction of sp³-hybridized carbons (Fsp3) is 0.429. The predicted molar refractivity (Wildman–Crippen MR) is 79.9 cm³/mol. The van der Waals surface area contributed by atoms with Crippen LogP contribution in [0.1, 0.15) is 36.5 Å². The lowest BCUT2D eigenvalue weighted by Gasteiger charge is -2.43. The van der Waals surface area contributed by atoms with E-state index >= 15 is 0 Å². The molecule has 0 aliphatic carbocycles. The molecule has 3 N–H and O–H groups in total. The van der Waals surface area contributed by atoms with Crippen LogP contribution in [0.3, 0.4) is 0 Å². The molecule has 5 nitrogen and oxygen atoms in total. The van der Waals surface area contributed by atoms with Gasteiger partial charge < -0.3 is 15.7 Å². The molecule has 0 saturated carbocycles. The van der Waals surface area contributed by atoms with Crippen molar-refractivity contribution >= 4 is 33.5 Å². The number of amides is 1. The van der Waals surface area contributed by atoms with Gasteiger partial charge in [0.05, 0.1) is 5.69 Å². The van der Waals surface area contributed by atoms with Crippen molar-refractivity contribution in [1.29, 1.82) is 0 Å². The summed E-state index contributed by atoms with van der Waals surface area (Å²) in [7, 11) is 0. The molecule has 1 saturated heterocycles. The SMILES string of the molecule is CC1(C(=O)O)CCCCN1c1ccc(C(N)=O)cc1Br. The first-order valence-electron chi connectivity index (χ1n) is 6.46. The third-order valence-corrected chi connectivity index (χ3v) is 4.51. The Morgan fingerprint density at radius 1 is 1.40 bits per heavy atom. The molecule has 0 spiro atoms. The van der Waals surface area contributed by atoms with Crippen molar-refractivity contribution in [1.82, 2.24) is 0 Å². The van der Waals surface area contributed by atoms with Crippen LogP contribution in [-0.2, 0) is 4.79 Å². The Hall–Kier alpha value is -1.56. The molecule has 1 amide bonds. The van der Waals surface area contributed by atoms with Crippen LogP contribution in [-0.4, -0.2) is 29.1 Å². The number of halogens is 1. The molecule has 0 radical (unpaired) electrons. The maximum absolute atomic E-state index is 11.6. The molecule has 6 heteroatoms. The summed E-state index contributed by atoms with van der Waals surface area (Å²) in [6.45, 7) is 2.42. The zero-order valence-corrected chi connectivity index (χ0v) is 12.8. The van der Waals surface area contributed by atoms with Gasteiger partial charge in [-0.3, -0.25) is 4.79 Å². The van der Waals surface area contributed by atoms with Crippen LogP contribution >= 0.6 is 15.9 Å². The van der Waals surface area contributed by atoms with E-state index in [2.05, 4.69) is 15.9 Å². The Labute approximate surface area is 125 Å². The number of nitrogens with zero attached hydrogens (tertiary/aromatic N) is 1. The van der Waals surface area contributed by atoms with Crippen molar-refractivity contribution in [3.8, 4) is 0 Å². The van der Waals surface area contributed by atoms with Gasteiger partial charge in [-0.2, -0.15) is 0 Å². The molecule has 1 aliphatic rings. The number of hydrogen-bond acceptors (Lipinski definition) is 3. The number of carbonyl (C=O) groups excluding carboxylic acids is 1. The number of carboxylic acid groups (broad SMARTS) is 1. The van der Waals surface area contributed by atoms with E-state index in [4.69, 9.17) is 5.73 Å². The van der Waals surface area contributed by atoms with Gasteiger partial charge in [-0.25, -0.2) is 4.79 Å². The van der Waals surface area contributed by atoms with E-state index in [9.17, 15) is 14.7 Å². The highest BCUT2D eigenvalue weighted by Gasteiger charge is 2.42. The van der Waals surface area contributed by atoms with Gasteiger partial charge in [0.25, 0.3) is 0 Å². The number of carboxylic acids is 1. The first-order valence-corrected chi connectivity index (χ1v) is 7.26. The number of aliphatic carboxylic acids is 1. The smallest absolute Gasteiger partial charge is 0.329 e. The lowest BCUT2D eigenvalue weighted by Crippen LogP contribution is -2.55. The Morgan fingerprint density at radius 2 is 2.10 bits per heavy atom. The first-order chi connectivity index (χ1) is 9.36. The van der Waals surface area contributed by atoms with Gasteiger partial charge in [0.1, 0.15) is 5.54 Å². The monoisotopic (exact) mass is 340 g/mol. The second-order valence-corrected chi connectivity index (χ2v) is 6.07. The highest BCUT2D eigenvalue weighted by Crippen LogP contribution is 2.37. The number of anilines is 1. The number of rotatable bonds is 3. The molecule has 1 atom stereocenters. The van der Waals surface area contributed by atoms with Gasteiger partial charge in [0, 0.05) is 16.6 Å². The maximum atomic E-state index is 11.6. The third kappa shape index (κ3) is 2.52. The largest absolute Gasteiger partial charge is 0.480 e. The number of primary amides is 1. The third-order valence-electron chi connectivity index (χ3n) is 3.87. The molecular formula is C14H17BrN2O3. The fourth-order valence-electron chi connectivity index (χ4n) is 2.61. The molecule has 1 heterocycles. The number of nitrogens with two attached hydrogens (primary N) is 1. The molecule has 108 valence electrons. The molecule has 1 aromatic carbocycles. The second-order valence-electron chi connectivity index (χ2n) is 5.22. The molecule has 20 heavy (non-hydrogen) atoms. The quantitative estimate of drug-likeness (QED) is 0.884. The summed E-state index contributed by atoms with van der Waals surface area (Å²) in [6.07, 6.45) is 2.45. The molecule has 0 bridgehead atoms. The molecule has 1 aliphatic heterocycles. The lowest BCUT2D eigenvalue weighted by atomic mass is 9.88. The zero-order chi connectivity index (χ0) is 14.9. The van der Waals surface area contributed by atoms with Gasteiger partial charge in [-0.05, 0) is 60.3 Å². The standard InChI is InChI=1S/C14H17BrN2O3/c1-14(13(19)20)6-2-3-7-17(14)11-5-4-9(12(16)18)8-10(11)15/h4-5,8H,2-3,6-7H2,1H3,(H2,16,18)(H,19,20). The number of piperidine rings is 1. The topological polar surface area (TPSA) is 83.6 Å². The molecule has 2 rings (SSSR count). The fourth-order valence-corrected chi connectivity index (χ4v) is 3.20. The van der Waals surface area contributed by atoms with E-state index in [1.165, 1.54) is 0 Å². The van der Waals surface area contributed by atoms with Gasteiger partial charge in [-0.15, -0.1) is 0 Å². The summed E-state index contributed by atoms with van der Waals surface area (Å²) in [4.78, 5) is 24.7. The summed E-state index contributed by atoms with van der Waals surface area (Å²) < 4.78 is 0.683. The van der Waals surface area contributed by atoms with Gasteiger partial charge >= 0.3 is 5.97 Å². The Bertz CT molecular complexity index is 561. The van der Waals surface area contributed by atoms with E-state index in [1.807, 2.05) is 4.90 Å². The van der Waals surface area contributed by atoms with E-state index in [0.717, 1.165) is 18.5 Å². The van der Waals surface area contributed by atoms with E-state index in [-0.39, 0.29) is 0 Å². The molecule has 1 unspecified atom stereocenters. The van der Waals surface area contributed by atoms with Gasteiger partial charge in [0.15, 0.2) is 0 Å². The van der Waals surface area contributed by atoms with Crippen LogP contribution in [0.5, 0.6) is 0 Å². The Balaban J connectivity index is 2.43. The van der Waals surface area contributed by atoms with Crippen LogP contribution in [0.4, 0.5) is 5.69 Å². The van der Waals surface area contributed by atoms with Crippen LogP contribution in [0.25, 0.3) is 0 Å². The van der Waals surface area contributed by atoms with E-state index < -0.39 is 17.4 Å². The first kappa shape index (κ1) is 14.8.